The monoisotopic (exact) mass is 330 g/mol. The fourth-order valence-electron chi connectivity index (χ4n) is 3.39. The average molecular weight is 330 g/mol. The quantitative estimate of drug-likeness (QED) is 0.688. The van der Waals surface area contributed by atoms with Crippen molar-refractivity contribution in [3.63, 3.8) is 0 Å². The van der Waals surface area contributed by atoms with Crippen molar-refractivity contribution in [2.45, 2.75) is 38.8 Å². The third kappa shape index (κ3) is 2.68. The molecule has 0 unspecified atom stereocenters. The topological polar surface area (TPSA) is 84.0 Å². The molecular formula is C14H22N2O5S. The Bertz CT molecular complexity index is 602. The van der Waals surface area contributed by atoms with Crippen LogP contribution in [0.5, 0.6) is 0 Å². The number of carbonyl (C=O) groups is 2. The third-order valence-corrected chi connectivity index (χ3v) is 6.45. The number of nitrogens with zero attached hydrogens (tertiary/aromatic N) is 2. The number of rotatable bonds is 1. The van der Waals surface area contributed by atoms with Gasteiger partial charge in [0.1, 0.15) is 11.6 Å². The highest BCUT2D eigenvalue weighted by atomic mass is 32.2. The summed E-state index contributed by atoms with van der Waals surface area (Å²) < 4.78 is 27.8. The van der Waals surface area contributed by atoms with Crippen molar-refractivity contribution in [2.75, 3.05) is 31.1 Å². The lowest BCUT2D eigenvalue weighted by Crippen LogP contribution is -2.72. The van der Waals surface area contributed by atoms with Crippen LogP contribution in [0, 0.1) is 5.41 Å². The number of sulfone groups is 1. The lowest BCUT2D eigenvalue weighted by molar-refractivity contribution is -0.152. The van der Waals surface area contributed by atoms with Gasteiger partial charge in [-0.25, -0.2) is 13.2 Å². The van der Waals surface area contributed by atoms with Crippen molar-refractivity contribution in [1.29, 1.82) is 0 Å². The Kier molecular flexibility index (Phi) is 3.25. The second-order valence-corrected chi connectivity index (χ2v) is 9.77. The zero-order chi connectivity index (χ0) is 16.3. The number of likely N-dealkylation sites (tertiary alicyclic amines) is 2. The molecule has 0 radical (unpaired) electrons. The Balaban J connectivity index is 1.53. The van der Waals surface area contributed by atoms with E-state index in [2.05, 4.69) is 0 Å². The molecule has 0 aromatic rings. The van der Waals surface area contributed by atoms with E-state index < -0.39 is 27.6 Å². The van der Waals surface area contributed by atoms with E-state index in [0.29, 0.717) is 26.1 Å². The first kappa shape index (κ1) is 15.6. The fraction of sp³-hybridized carbons (Fsp3) is 0.857. The van der Waals surface area contributed by atoms with Gasteiger partial charge in [0.05, 0.1) is 11.5 Å². The van der Waals surface area contributed by atoms with Crippen molar-refractivity contribution in [2.24, 2.45) is 5.41 Å². The summed E-state index contributed by atoms with van der Waals surface area (Å²) in [5.41, 5.74) is -0.795. The summed E-state index contributed by atoms with van der Waals surface area (Å²) in [6, 6.07) is -0.455. The van der Waals surface area contributed by atoms with Gasteiger partial charge in [-0.3, -0.25) is 9.69 Å². The summed E-state index contributed by atoms with van der Waals surface area (Å²) >= 11 is 0. The van der Waals surface area contributed by atoms with Crippen LogP contribution in [-0.4, -0.2) is 73.0 Å². The predicted octanol–water partition coefficient (Wildman–Crippen LogP) is 0.253. The molecular weight excluding hydrogens is 308 g/mol. The minimum absolute atomic E-state index is 0.0907. The van der Waals surface area contributed by atoms with Gasteiger partial charge in [-0.1, -0.05) is 0 Å². The van der Waals surface area contributed by atoms with E-state index in [9.17, 15) is 18.0 Å². The van der Waals surface area contributed by atoms with Crippen LogP contribution in [0.4, 0.5) is 4.79 Å². The summed E-state index contributed by atoms with van der Waals surface area (Å²) in [7, 11) is -2.88. The SMILES string of the molecule is CC(C)(C)OC(=O)N1CC[C@@H]1C(=O)N1CC2(C1)CS(=O)(=O)C2. The molecule has 3 heterocycles. The molecule has 8 heteroatoms. The summed E-state index contributed by atoms with van der Waals surface area (Å²) in [5.74, 6) is 0.279. The highest BCUT2D eigenvalue weighted by molar-refractivity contribution is 7.92. The van der Waals surface area contributed by atoms with Crippen LogP contribution in [0.15, 0.2) is 0 Å². The van der Waals surface area contributed by atoms with Gasteiger partial charge in [0, 0.05) is 25.0 Å². The van der Waals surface area contributed by atoms with Gasteiger partial charge in [-0.05, 0) is 27.2 Å². The number of amides is 2. The number of hydrogen-bond donors (Lipinski definition) is 0. The van der Waals surface area contributed by atoms with Crippen molar-refractivity contribution in [3.05, 3.63) is 0 Å². The van der Waals surface area contributed by atoms with Crippen molar-refractivity contribution < 1.29 is 22.7 Å². The van der Waals surface area contributed by atoms with Gasteiger partial charge in [0.15, 0.2) is 9.84 Å². The number of carbonyl (C=O) groups excluding carboxylic acids is 2. The second-order valence-electron chi connectivity index (χ2n) is 7.70. The maximum Gasteiger partial charge on any atom is 0.410 e. The van der Waals surface area contributed by atoms with E-state index in [4.69, 9.17) is 4.74 Å². The lowest BCUT2D eigenvalue weighted by Gasteiger charge is -2.56. The molecule has 0 saturated carbocycles. The molecule has 1 spiro atoms. The molecule has 0 aromatic heterocycles. The molecule has 3 aliphatic heterocycles. The van der Waals surface area contributed by atoms with E-state index in [-0.39, 0.29) is 22.8 Å². The van der Waals surface area contributed by atoms with Gasteiger partial charge in [-0.15, -0.1) is 0 Å². The van der Waals surface area contributed by atoms with Gasteiger partial charge >= 0.3 is 6.09 Å². The van der Waals surface area contributed by atoms with Gasteiger partial charge in [0.2, 0.25) is 5.91 Å². The minimum Gasteiger partial charge on any atom is -0.444 e. The van der Waals surface area contributed by atoms with Crippen LogP contribution in [0.3, 0.4) is 0 Å². The molecule has 0 aliphatic carbocycles. The summed E-state index contributed by atoms with van der Waals surface area (Å²) in [4.78, 5) is 27.5. The van der Waals surface area contributed by atoms with Crippen LogP contribution < -0.4 is 0 Å². The summed E-state index contributed by atoms with van der Waals surface area (Å²) in [5, 5.41) is 0. The predicted molar refractivity (Wildman–Crippen MR) is 79.0 cm³/mol. The minimum atomic E-state index is -2.88. The smallest absolute Gasteiger partial charge is 0.410 e. The zero-order valence-electron chi connectivity index (χ0n) is 13.2. The Morgan fingerprint density at radius 2 is 1.77 bits per heavy atom. The Hall–Kier alpha value is -1.31. The normalized spacial score (nSPS) is 28.4. The van der Waals surface area contributed by atoms with E-state index in [1.807, 2.05) is 0 Å². The molecule has 0 N–H and O–H groups in total. The average Bonchev–Trinajstić information content (AvgIpc) is 2.16. The Morgan fingerprint density at radius 1 is 1.18 bits per heavy atom. The first-order chi connectivity index (χ1) is 10.0. The molecule has 3 saturated heterocycles. The first-order valence-electron chi connectivity index (χ1n) is 7.49. The van der Waals surface area contributed by atoms with Crippen LogP contribution in [-0.2, 0) is 19.4 Å². The highest BCUT2D eigenvalue weighted by Gasteiger charge is 2.58. The van der Waals surface area contributed by atoms with Gasteiger partial charge in [-0.2, -0.15) is 0 Å². The van der Waals surface area contributed by atoms with Crippen LogP contribution in [0.1, 0.15) is 27.2 Å². The number of ether oxygens (including phenoxy) is 1. The molecule has 7 nitrogen and oxygen atoms in total. The first-order valence-corrected chi connectivity index (χ1v) is 9.31. The van der Waals surface area contributed by atoms with Gasteiger partial charge in [0.25, 0.3) is 0 Å². The standard InChI is InChI=1S/C14H22N2O5S/c1-13(2,3)21-12(18)16-5-4-10(16)11(17)15-6-14(7-15)8-22(19,20)9-14/h10H,4-9H2,1-3H3/t10-/m1/s1. The molecule has 1 atom stereocenters. The maximum absolute atomic E-state index is 12.4. The van der Waals surface area contributed by atoms with Crippen LogP contribution in [0.2, 0.25) is 0 Å². The fourth-order valence-corrected chi connectivity index (χ4v) is 5.53. The molecule has 2 amide bonds. The molecule has 3 aliphatic rings. The van der Waals surface area contributed by atoms with E-state index >= 15 is 0 Å². The van der Waals surface area contributed by atoms with E-state index in [1.165, 1.54) is 4.90 Å². The van der Waals surface area contributed by atoms with E-state index in [1.54, 1.807) is 25.7 Å². The number of hydrogen-bond acceptors (Lipinski definition) is 5. The van der Waals surface area contributed by atoms with Crippen molar-refractivity contribution >= 4 is 21.8 Å². The van der Waals surface area contributed by atoms with Gasteiger partial charge < -0.3 is 9.64 Å². The molecule has 124 valence electrons. The van der Waals surface area contributed by atoms with Crippen molar-refractivity contribution in [3.8, 4) is 0 Å². The highest BCUT2D eigenvalue weighted by Crippen LogP contribution is 2.42. The summed E-state index contributed by atoms with van der Waals surface area (Å²) in [6.45, 7) is 6.87. The van der Waals surface area contributed by atoms with Crippen LogP contribution >= 0.6 is 0 Å². The molecule has 0 bridgehead atoms. The third-order valence-electron chi connectivity index (χ3n) is 4.35. The molecule has 3 rings (SSSR count). The maximum atomic E-state index is 12.4. The second kappa shape index (κ2) is 4.59. The lowest BCUT2D eigenvalue weighted by atomic mass is 9.82. The van der Waals surface area contributed by atoms with Crippen LogP contribution in [0.25, 0.3) is 0 Å². The zero-order valence-corrected chi connectivity index (χ0v) is 14.0. The molecule has 22 heavy (non-hydrogen) atoms. The summed E-state index contributed by atoms with van der Waals surface area (Å²) in [6.07, 6.45) is 0.179. The molecule has 0 aromatic carbocycles. The largest absolute Gasteiger partial charge is 0.444 e. The Labute approximate surface area is 130 Å². The van der Waals surface area contributed by atoms with E-state index in [0.717, 1.165) is 0 Å². The van der Waals surface area contributed by atoms with Crippen molar-refractivity contribution in [1.82, 2.24) is 9.80 Å². The Morgan fingerprint density at radius 3 is 2.18 bits per heavy atom. The molecule has 3 fully saturated rings.